The van der Waals surface area contributed by atoms with Crippen LogP contribution in [0.3, 0.4) is 0 Å². The molecule has 0 radical (unpaired) electrons. The standard InChI is InChI=1S/C49H97N2O6P/c1-6-8-10-12-14-16-18-20-22-23-24-25-26-27-29-30-32-34-36-38-40-42-48(52)47(46-57-58(54,55)56-45-44-51(3,4)5)50-49(53)43-41-39-37-35-33-31-28-21-19-17-15-13-11-9-7-2/h15,17,19,21,47-48,52H,6-14,16,18,20,22-46H2,1-5H3,(H-,50,53,54,55)/p+1/b17-15-,21-19-. The van der Waals surface area contributed by atoms with Crippen molar-refractivity contribution in [2.45, 2.75) is 244 Å². The lowest BCUT2D eigenvalue weighted by atomic mass is 10.0. The number of likely N-dealkylation sites (N-methyl/N-ethyl adjacent to an activating group) is 1. The number of aliphatic hydroxyl groups excluding tert-OH is 1. The Morgan fingerprint density at radius 1 is 0.586 bits per heavy atom. The Morgan fingerprint density at radius 3 is 1.41 bits per heavy atom. The molecule has 0 aromatic rings. The quantitative estimate of drug-likeness (QED) is 0.0244. The van der Waals surface area contributed by atoms with Crippen LogP contribution in [-0.4, -0.2) is 73.4 Å². The van der Waals surface area contributed by atoms with Crippen molar-refractivity contribution in [2.24, 2.45) is 0 Å². The number of carbonyl (C=O) groups excluding carboxylic acids is 1. The molecule has 3 unspecified atom stereocenters. The molecule has 9 heteroatoms. The topological polar surface area (TPSA) is 105 Å². The fourth-order valence-electron chi connectivity index (χ4n) is 7.27. The molecule has 0 heterocycles. The van der Waals surface area contributed by atoms with Gasteiger partial charge in [0, 0.05) is 6.42 Å². The summed E-state index contributed by atoms with van der Waals surface area (Å²) in [6, 6.07) is -0.765. The maximum Gasteiger partial charge on any atom is 0.472 e. The van der Waals surface area contributed by atoms with Gasteiger partial charge in [-0.05, 0) is 38.5 Å². The molecule has 8 nitrogen and oxygen atoms in total. The van der Waals surface area contributed by atoms with Crippen LogP contribution in [0.1, 0.15) is 232 Å². The summed E-state index contributed by atoms with van der Waals surface area (Å²) in [5.74, 6) is -0.155. The van der Waals surface area contributed by atoms with Crippen molar-refractivity contribution in [1.29, 1.82) is 0 Å². The minimum absolute atomic E-state index is 0.0730. The molecule has 0 aromatic carbocycles. The molecule has 3 N–H and O–H groups in total. The van der Waals surface area contributed by atoms with Gasteiger partial charge in [-0.15, -0.1) is 0 Å². The number of nitrogens with zero attached hydrogens (tertiary/aromatic N) is 1. The number of phosphoric acid groups is 1. The number of carbonyl (C=O) groups is 1. The number of quaternary nitrogens is 1. The van der Waals surface area contributed by atoms with Crippen LogP contribution in [0, 0.1) is 0 Å². The Bertz CT molecular complexity index is 1000. The van der Waals surface area contributed by atoms with E-state index in [1.807, 2.05) is 21.1 Å². The minimum atomic E-state index is -4.32. The highest BCUT2D eigenvalue weighted by atomic mass is 31.2. The number of rotatable bonds is 45. The fourth-order valence-corrected chi connectivity index (χ4v) is 8.01. The lowest BCUT2D eigenvalue weighted by molar-refractivity contribution is -0.870. The van der Waals surface area contributed by atoms with Gasteiger partial charge in [0.05, 0.1) is 39.9 Å². The third-order valence-electron chi connectivity index (χ3n) is 11.2. The lowest BCUT2D eigenvalue weighted by Gasteiger charge is -2.26. The largest absolute Gasteiger partial charge is 0.472 e. The molecule has 0 aliphatic heterocycles. The Kier molecular flexibility index (Phi) is 40.6. The van der Waals surface area contributed by atoms with Crippen LogP contribution in [0.4, 0.5) is 0 Å². The number of amides is 1. The molecule has 3 atom stereocenters. The van der Waals surface area contributed by atoms with Crippen LogP contribution in [0.5, 0.6) is 0 Å². The van der Waals surface area contributed by atoms with Gasteiger partial charge in [-0.1, -0.05) is 212 Å². The Hall–Kier alpha value is -1.02. The van der Waals surface area contributed by atoms with Gasteiger partial charge in [-0.25, -0.2) is 4.57 Å². The number of phosphoric ester groups is 1. The molecule has 0 aromatic heterocycles. The zero-order valence-corrected chi connectivity index (χ0v) is 39.9. The third kappa shape index (κ3) is 43.1. The monoisotopic (exact) mass is 842 g/mol. The van der Waals surface area contributed by atoms with E-state index in [2.05, 4.69) is 43.5 Å². The SMILES string of the molecule is CCCCC/C=C\C=C/CCCCCCCCC(=O)NC(COP(=O)(O)OCC[N+](C)(C)C)C(O)CCCCCCCCCCCCCCCCCCCCCCC. The summed E-state index contributed by atoms with van der Waals surface area (Å²) in [6.45, 7) is 4.87. The van der Waals surface area contributed by atoms with Gasteiger partial charge in [0.15, 0.2) is 0 Å². The molecule has 0 aliphatic carbocycles. The molecule has 58 heavy (non-hydrogen) atoms. The molecule has 0 rings (SSSR count). The van der Waals surface area contributed by atoms with E-state index >= 15 is 0 Å². The van der Waals surface area contributed by atoms with E-state index in [9.17, 15) is 19.4 Å². The lowest BCUT2D eigenvalue weighted by Crippen LogP contribution is -2.46. The van der Waals surface area contributed by atoms with E-state index in [-0.39, 0.29) is 19.1 Å². The number of hydrogen-bond acceptors (Lipinski definition) is 5. The number of hydrogen-bond donors (Lipinski definition) is 3. The molecule has 0 spiro atoms. The second-order valence-corrected chi connectivity index (χ2v) is 19.7. The van der Waals surface area contributed by atoms with E-state index in [4.69, 9.17) is 9.05 Å². The van der Waals surface area contributed by atoms with E-state index in [1.165, 1.54) is 154 Å². The third-order valence-corrected chi connectivity index (χ3v) is 12.2. The molecular formula is C49H98N2O6P+. The van der Waals surface area contributed by atoms with Gasteiger partial charge in [-0.2, -0.15) is 0 Å². The van der Waals surface area contributed by atoms with E-state index in [0.717, 1.165) is 51.4 Å². The summed E-state index contributed by atoms with van der Waals surface area (Å²) in [6.07, 6.45) is 49.2. The second-order valence-electron chi connectivity index (χ2n) is 18.2. The van der Waals surface area contributed by atoms with Crippen molar-refractivity contribution >= 4 is 13.7 Å². The van der Waals surface area contributed by atoms with E-state index < -0.39 is 20.0 Å². The summed E-state index contributed by atoms with van der Waals surface area (Å²) in [4.78, 5) is 23.2. The Morgan fingerprint density at radius 2 is 0.966 bits per heavy atom. The first-order chi connectivity index (χ1) is 28.0. The van der Waals surface area contributed by atoms with Crippen LogP contribution in [0.2, 0.25) is 0 Å². The molecule has 344 valence electrons. The first-order valence-electron chi connectivity index (χ1n) is 24.7. The predicted octanol–water partition coefficient (Wildman–Crippen LogP) is 14.1. The summed E-state index contributed by atoms with van der Waals surface area (Å²) in [5.41, 5.74) is 0. The van der Waals surface area contributed by atoms with Crippen LogP contribution in [0.25, 0.3) is 0 Å². The number of aliphatic hydroxyl groups is 1. The zero-order valence-electron chi connectivity index (χ0n) is 39.0. The normalized spacial score (nSPS) is 14.4. The fraction of sp³-hybridized carbons (Fsp3) is 0.898. The van der Waals surface area contributed by atoms with Crippen molar-refractivity contribution in [3.8, 4) is 0 Å². The average molecular weight is 842 g/mol. The highest BCUT2D eigenvalue weighted by Crippen LogP contribution is 2.43. The van der Waals surface area contributed by atoms with Crippen LogP contribution >= 0.6 is 7.82 Å². The molecule has 0 saturated heterocycles. The Labute approximate surface area is 360 Å². The molecule has 0 saturated carbocycles. The summed E-state index contributed by atoms with van der Waals surface area (Å²) in [5, 5.41) is 14.0. The van der Waals surface area contributed by atoms with Gasteiger partial charge in [0.25, 0.3) is 0 Å². The van der Waals surface area contributed by atoms with E-state index in [0.29, 0.717) is 23.9 Å². The average Bonchev–Trinajstić information content (AvgIpc) is 3.17. The van der Waals surface area contributed by atoms with Crippen molar-refractivity contribution < 1.29 is 32.9 Å². The highest BCUT2D eigenvalue weighted by Gasteiger charge is 2.28. The molecule has 0 aliphatic rings. The first-order valence-corrected chi connectivity index (χ1v) is 26.2. The Balaban J connectivity index is 4.27. The van der Waals surface area contributed by atoms with Crippen molar-refractivity contribution in [3.63, 3.8) is 0 Å². The van der Waals surface area contributed by atoms with Gasteiger partial charge < -0.3 is 19.8 Å². The zero-order chi connectivity index (χ0) is 42.8. The predicted molar refractivity (Wildman–Crippen MR) is 249 cm³/mol. The number of allylic oxidation sites excluding steroid dienone is 4. The van der Waals surface area contributed by atoms with Crippen molar-refractivity contribution in [1.82, 2.24) is 5.32 Å². The number of nitrogens with one attached hydrogen (secondary N) is 1. The van der Waals surface area contributed by atoms with Crippen LogP contribution < -0.4 is 5.32 Å². The highest BCUT2D eigenvalue weighted by molar-refractivity contribution is 7.47. The maximum absolute atomic E-state index is 12.9. The van der Waals surface area contributed by atoms with Crippen molar-refractivity contribution in [3.05, 3.63) is 24.3 Å². The van der Waals surface area contributed by atoms with Gasteiger partial charge in [-0.3, -0.25) is 13.8 Å². The number of unbranched alkanes of at least 4 members (excludes halogenated alkanes) is 29. The maximum atomic E-state index is 12.9. The minimum Gasteiger partial charge on any atom is -0.391 e. The first kappa shape index (κ1) is 57.0. The van der Waals surface area contributed by atoms with Gasteiger partial charge in [0.2, 0.25) is 5.91 Å². The molecule has 0 fully saturated rings. The van der Waals surface area contributed by atoms with Crippen LogP contribution in [0.15, 0.2) is 24.3 Å². The second kappa shape index (κ2) is 41.3. The summed E-state index contributed by atoms with van der Waals surface area (Å²) >= 11 is 0. The smallest absolute Gasteiger partial charge is 0.391 e. The molecular weight excluding hydrogens is 744 g/mol. The van der Waals surface area contributed by atoms with Gasteiger partial charge in [0.1, 0.15) is 13.2 Å². The van der Waals surface area contributed by atoms with Crippen LogP contribution in [-0.2, 0) is 18.4 Å². The molecule has 0 bridgehead atoms. The van der Waals surface area contributed by atoms with E-state index in [1.54, 1.807) is 0 Å². The summed E-state index contributed by atoms with van der Waals surface area (Å²) in [7, 11) is 1.61. The van der Waals surface area contributed by atoms with Crippen molar-refractivity contribution in [2.75, 3.05) is 40.9 Å². The molecule has 1 amide bonds. The van der Waals surface area contributed by atoms with Gasteiger partial charge >= 0.3 is 7.82 Å². The summed E-state index contributed by atoms with van der Waals surface area (Å²) < 4.78 is 23.7.